The number of hydrogen-bond acceptors (Lipinski definition) is 5. The van der Waals surface area contributed by atoms with Gasteiger partial charge in [0.25, 0.3) is 5.70 Å². The molecule has 8 nitrogen and oxygen atoms in total. The van der Waals surface area contributed by atoms with E-state index >= 15 is 0 Å². The van der Waals surface area contributed by atoms with Gasteiger partial charge in [0.1, 0.15) is 13.4 Å². The Morgan fingerprint density at radius 1 is 1.57 bits per heavy atom. The lowest BCUT2D eigenvalue weighted by atomic mass is 10.0. The van der Waals surface area contributed by atoms with Crippen molar-refractivity contribution in [2.24, 2.45) is 7.05 Å². The molecule has 1 atom stereocenters. The Bertz CT molecular complexity index is 716. The molecule has 8 heteroatoms. The van der Waals surface area contributed by atoms with Crippen molar-refractivity contribution in [1.29, 1.82) is 0 Å². The summed E-state index contributed by atoms with van der Waals surface area (Å²) in [5.41, 5.74) is 2.19. The minimum absolute atomic E-state index is 0.0799. The number of aromatic nitrogens is 4. The van der Waals surface area contributed by atoms with E-state index in [0.717, 1.165) is 11.3 Å². The molecule has 0 unspecified atom stereocenters. The average molecular weight is 287 g/mol. The van der Waals surface area contributed by atoms with E-state index in [4.69, 9.17) is 0 Å². The first-order valence-corrected chi connectivity index (χ1v) is 6.52. The van der Waals surface area contributed by atoms with Crippen LogP contribution >= 0.6 is 0 Å². The maximum Gasteiger partial charge on any atom is 0.287 e. The zero-order valence-electron chi connectivity index (χ0n) is 11.7. The second-order valence-electron chi connectivity index (χ2n) is 4.97. The number of allylic oxidation sites excluding steroid dienone is 1. The molecule has 3 rings (SSSR count). The lowest BCUT2D eigenvalue weighted by molar-refractivity contribution is -0.679. The van der Waals surface area contributed by atoms with Gasteiger partial charge in [-0.25, -0.2) is 9.25 Å². The monoisotopic (exact) mass is 287 g/mol. The minimum Gasteiger partial charge on any atom is -0.325 e. The third kappa shape index (κ3) is 2.24. The van der Waals surface area contributed by atoms with Crippen molar-refractivity contribution >= 4 is 5.95 Å². The van der Waals surface area contributed by atoms with Crippen molar-refractivity contribution in [3.63, 3.8) is 0 Å². The standard InChI is InChI=1S/C13H15N6O2/c1-9-4-3-5-17(2)10(9)6-11-12(19(20)21)7-14-13-15-8-16-18(11)13/h3-5,7-8,11H,6H2,1-2H3,(H,14,15,16)/q+1/t11-/m0/s1. The number of fused-ring (bicyclic) bond motifs is 1. The lowest BCUT2D eigenvalue weighted by Crippen LogP contribution is -2.37. The Hall–Kier alpha value is -2.77. The molecule has 2 aromatic rings. The summed E-state index contributed by atoms with van der Waals surface area (Å²) in [7, 11) is 1.93. The predicted molar refractivity (Wildman–Crippen MR) is 73.8 cm³/mol. The summed E-state index contributed by atoms with van der Waals surface area (Å²) in [4.78, 5) is 15.0. The quantitative estimate of drug-likeness (QED) is 0.511. The number of nitrogens with one attached hydrogen (secondary N) is 1. The van der Waals surface area contributed by atoms with Gasteiger partial charge in [-0.2, -0.15) is 10.1 Å². The summed E-state index contributed by atoms with van der Waals surface area (Å²) >= 11 is 0. The topological polar surface area (TPSA) is 89.8 Å². The van der Waals surface area contributed by atoms with Gasteiger partial charge in [-0.15, -0.1) is 0 Å². The fourth-order valence-corrected chi connectivity index (χ4v) is 2.58. The minimum atomic E-state index is -0.481. The highest BCUT2D eigenvalue weighted by molar-refractivity contribution is 5.35. The van der Waals surface area contributed by atoms with E-state index in [1.807, 2.05) is 36.9 Å². The predicted octanol–water partition coefficient (Wildman–Crippen LogP) is 0.738. The van der Waals surface area contributed by atoms with Gasteiger partial charge in [-0.05, 0) is 13.0 Å². The van der Waals surface area contributed by atoms with Crippen LogP contribution in [0.15, 0.2) is 36.6 Å². The number of nitrogens with zero attached hydrogens (tertiary/aromatic N) is 5. The summed E-state index contributed by atoms with van der Waals surface area (Å²) in [6, 6.07) is 3.46. The maximum atomic E-state index is 11.3. The van der Waals surface area contributed by atoms with Gasteiger partial charge in [-0.1, -0.05) is 0 Å². The molecule has 0 fully saturated rings. The van der Waals surface area contributed by atoms with Crippen molar-refractivity contribution in [1.82, 2.24) is 14.8 Å². The molecule has 2 aromatic heterocycles. The van der Waals surface area contributed by atoms with Gasteiger partial charge in [0.05, 0.1) is 17.5 Å². The van der Waals surface area contributed by atoms with E-state index in [1.165, 1.54) is 12.5 Å². The van der Waals surface area contributed by atoms with E-state index in [-0.39, 0.29) is 10.6 Å². The van der Waals surface area contributed by atoms with Gasteiger partial charge in [0.15, 0.2) is 17.9 Å². The first-order valence-electron chi connectivity index (χ1n) is 6.52. The van der Waals surface area contributed by atoms with Crippen LogP contribution in [0.1, 0.15) is 17.3 Å². The van der Waals surface area contributed by atoms with E-state index < -0.39 is 6.04 Å². The molecule has 0 amide bonds. The molecule has 1 aliphatic rings. The number of aryl methyl sites for hydroxylation is 2. The number of hydrogen-bond donors (Lipinski definition) is 1. The molecule has 0 aromatic carbocycles. The molecule has 0 radical (unpaired) electrons. The second-order valence-corrected chi connectivity index (χ2v) is 4.97. The van der Waals surface area contributed by atoms with Crippen LogP contribution in [-0.4, -0.2) is 19.7 Å². The molecule has 1 aliphatic heterocycles. The normalized spacial score (nSPS) is 16.9. The summed E-state index contributed by atoms with van der Waals surface area (Å²) < 4.78 is 3.54. The van der Waals surface area contributed by atoms with Gasteiger partial charge in [0, 0.05) is 11.6 Å². The first kappa shape index (κ1) is 13.2. The van der Waals surface area contributed by atoms with Crippen LogP contribution < -0.4 is 9.88 Å². The Morgan fingerprint density at radius 2 is 2.38 bits per heavy atom. The molecule has 0 spiro atoms. The van der Waals surface area contributed by atoms with Crippen molar-refractivity contribution in [2.45, 2.75) is 19.4 Å². The third-order valence-electron chi connectivity index (χ3n) is 3.69. The Balaban J connectivity index is 2.04. The summed E-state index contributed by atoms with van der Waals surface area (Å²) in [6.45, 7) is 1.99. The van der Waals surface area contributed by atoms with Crippen LogP contribution in [0.3, 0.4) is 0 Å². The lowest BCUT2D eigenvalue weighted by Gasteiger charge is -2.20. The zero-order chi connectivity index (χ0) is 15.0. The maximum absolute atomic E-state index is 11.3. The number of nitro groups is 1. The van der Waals surface area contributed by atoms with Crippen molar-refractivity contribution < 1.29 is 9.49 Å². The van der Waals surface area contributed by atoms with Crippen LogP contribution in [0.2, 0.25) is 0 Å². The van der Waals surface area contributed by atoms with E-state index in [1.54, 1.807) is 4.68 Å². The molecule has 3 heterocycles. The van der Waals surface area contributed by atoms with Gasteiger partial charge >= 0.3 is 0 Å². The summed E-state index contributed by atoms with van der Waals surface area (Å²) in [6.07, 6.45) is 5.20. The fraction of sp³-hybridized carbons (Fsp3) is 0.308. The third-order valence-corrected chi connectivity index (χ3v) is 3.69. The van der Waals surface area contributed by atoms with E-state index in [2.05, 4.69) is 15.4 Å². The Kier molecular flexibility index (Phi) is 3.13. The molecular formula is C13H15N6O2+. The van der Waals surface area contributed by atoms with Crippen LogP contribution in [0.25, 0.3) is 0 Å². The Morgan fingerprint density at radius 3 is 3.10 bits per heavy atom. The van der Waals surface area contributed by atoms with E-state index in [0.29, 0.717) is 12.4 Å². The molecule has 1 N–H and O–H groups in total. The largest absolute Gasteiger partial charge is 0.325 e. The van der Waals surface area contributed by atoms with Gasteiger partial charge in [-0.3, -0.25) is 10.1 Å². The SMILES string of the molecule is Cc1ccc[n+](C)c1C[C@H]1C([N+](=O)[O-])=CNc2ncnn21. The highest BCUT2D eigenvalue weighted by Crippen LogP contribution is 2.28. The average Bonchev–Trinajstić information content (AvgIpc) is 2.91. The molecular weight excluding hydrogens is 272 g/mol. The number of rotatable bonds is 3. The van der Waals surface area contributed by atoms with Crippen molar-refractivity contribution in [2.75, 3.05) is 5.32 Å². The number of pyridine rings is 1. The Labute approximate surface area is 120 Å². The fourth-order valence-electron chi connectivity index (χ4n) is 2.58. The van der Waals surface area contributed by atoms with Crippen LogP contribution in [0.5, 0.6) is 0 Å². The molecule has 0 saturated carbocycles. The number of anilines is 1. The molecule has 108 valence electrons. The van der Waals surface area contributed by atoms with Crippen LogP contribution in [0.4, 0.5) is 5.95 Å². The molecule has 0 aliphatic carbocycles. The smallest absolute Gasteiger partial charge is 0.287 e. The van der Waals surface area contributed by atoms with Crippen molar-refractivity contribution in [3.05, 3.63) is 57.9 Å². The summed E-state index contributed by atoms with van der Waals surface area (Å²) in [5, 5.41) is 18.2. The first-order chi connectivity index (χ1) is 10.1. The van der Waals surface area contributed by atoms with Crippen molar-refractivity contribution in [3.8, 4) is 0 Å². The molecule has 0 saturated heterocycles. The van der Waals surface area contributed by atoms with Gasteiger partial charge in [0.2, 0.25) is 5.95 Å². The van der Waals surface area contributed by atoms with Gasteiger partial charge < -0.3 is 5.32 Å². The highest BCUT2D eigenvalue weighted by Gasteiger charge is 2.35. The molecule has 0 bridgehead atoms. The molecule has 21 heavy (non-hydrogen) atoms. The van der Waals surface area contributed by atoms with Crippen LogP contribution in [-0.2, 0) is 13.5 Å². The summed E-state index contributed by atoms with van der Waals surface area (Å²) in [5.74, 6) is 0.516. The van der Waals surface area contributed by atoms with E-state index in [9.17, 15) is 10.1 Å². The second kappa shape index (κ2) is 4.97. The zero-order valence-corrected chi connectivity index (χ0v) is 11.7. The highest BCUT2D eigenvalue weighted by atomic mass is 16.6. The van der Waals surface area contributed by atoms with Crippen LogP contribution in [0, 0.1) is 17.0 Å².